The van der Waals surface area contributed by atoms with E-state index in [9.17, 15) is 9.18 Å². The van der Waals surface area contributed by atoms with E-state index in [1.54, 1.807) is 12.3 Å². The number of halogens is 2. The van der Waals surface area contributed by atoms with Crippen molar-refractivity contribution in [2.24, 2.45) is 0 Å². The Hall–Kier alpha value is -1.95. The molecular formula is C14H13BrFN3O. The number of rotatable bonds is 4. The SMILES string of the molecule is CCNc1ccncc1C(=O)Nc1ccc(F)cc1Br. The van der Waals surface area contributed by atoms with E-state index in [1.165, 1.54) is 24.4 Å². The van der Waals surface area contributed by atoms with Crippen LogP contribution in [0.4, 0.5) is 15.8 Å². The van der Waals surface area contributed by atoms with Crippen LogP contribution in [0.1, 0.15) is 17.3 Å². The second kappa shape index (κ2) is 6.47. The van der Waals surface area contributed by atoms with Crippen molar-refractivity contribution in [3.8, 4) is 0 Å². The van der Waals surface area contributed by atoms with Crippen LogP contribution in [0.15, 0.2) is 41.1 Å². The van der Waals surface area contributed by atoms with Gasteiger partial charge in [0.05, 0.1) is 16.9 Å². The Labute approximate surface area is 124 Å². The maximum absolute atomic E-state index is 13.0. The fourth-order valence-corrected chi connectivity index (χ4v) is 2.15. The highest BCUT2D eigenvalue weighted by Gasteiger charge is 2.13. The Morgan fingerprint density at radius 2 is 2.15 bits per heavy atom. The number of anilines is 2. The normalized spacial score (nSPS) is 10.2. The minimum absolute atomic E-state index is 0.304. The Balaban J connectivity index is 2.24. The van der Waals surface area contributed by atoms with E-state index in [0.29, 0.717) is 28.0 Å². The first kappa shape index (κ1) is 14.5. The zero-order valence-electron chi connectivity index (χ0n) is 10.8. The van der Waals surface area contributed by atoms with E-state index in [0.717, 1.165) is 0 Å². The summed E-state index contributed by atoms with van der Waals surface area (Å²) in [4.78, 5) is 16.2. The minimum atomic E-state index is -0.371. The van der Waals surface area contributed by atoms with Gasteiger partial charge in [0, 0.05) is 23.4 Å². The van der Waals surface area contributed by atoms with Crippen LogP contribution >= 0.6 is 15.9 Å². The molecule has 0 fully saturated rings. The van der Waals surface area contributed by atoms with Crippen molar-refractivity contribution in [2.45, 2.75) is 6.92 Å². The minimum Gasteiger partial charge on any atom is -0.385 e. The summed E-state index contributed by atoms with van der Waals surface area (Å²) in [5.74, 6) is -0.675. The molecule has 0 atom stereocenters. The summed E-state index contributed by atoms with van der Waals surface area (Å²) in [7, 11) is 0. The summed E-state index contributed by atoms with van der Waals surface area (Å²) >= 11 is 3.21. The molecule has 6 heteroatoms. The van der Waals surface area contributed by atoms with E-state index in [2.05, 4.69) is 31.5 Å². The highest BCUT2D eigenvalue weighted by atomic mass is 79.9. The summed E-state index contributed by atoms with van der Waals surface area (Å²) in [6.07, 6.45) is 3.10. The highest BCUT2D eigenvalue weighted by Crippen LogP contribution is 2.24. The van der Waals surface area contributed by atoms with Crippen LogP contribution in [-0.2, 0) is 0 Å². The van der Waals surface area contributed by atoms with Gasteiger partial charge in [0.2, 0.25) is 0 Å². The molecule has 1 aromatic carbocycles. The zero-order valence-corrected chi connectivity index (χ0v) is 12.4. The van der Waals surface area contributed by atoms with Gasteiger partial charge in [-0.3, -0.25) is 9.78 Å². The average molecular weight is 338 g/mol. The smallest absolute Gasteiger partial charge is 0.259 e. The quantitative estimate of drug-likeness (QED) is 0.894. The van der Waals surface area contributed by atoms with E-state index in [1.807, 2.05) is 6.92 Å². The number of carbonyl (C=O) groups is 1. The number of nitrogens with one attached hydrogen (secondary N) is 2. The number of hydrogen-bond acceptors (Lipinski definition) is 3. The molecule has 104 valence electrons. The molecule has 2 aromatic rings. The van der Waals surface area contributed by atoms with E-state index >= 15 is 0 Å². The molecule has 20 heavy (non-hydrogen) atoms. The number of hydrogen-bond donors (Lipinski definition) is 2. The van der Waals surface area contributed by atoms with Crippen LogP contribution < -0.4 is 10.6 Å². The Bertz CT molecular complexity index is 634. The standard InChI is InChI=1S/C14H13BrFN3O/c1-2-18-12-5-6-17-8-10(12)14(20)19-13-4-3-9(16)7-11(13)15/h3-8H,2H2,1H3,(H,17,18)(H,19,20). The fraction of sp³-hybridized carbons (Fsp3) is 0.143. The number of amides is 1. The number of carbonyl (C=O) groups excluding carboxylic acids is 1. The average Bonchev–Trinajstić information content (AvgIpc) is 2.43. The van der Waals surface area contributed by atoms with Crippen molar-refractivity contribution in [3.05, 3.63) is 52.5 Å². The lowest BCUT2D eigenvalue weighted by Gasteiger charge is -2.11. The van der Waals surface area contributed by atoms with Crippen LogP contribution in [0.2, 0.25) is 0 Å². The Kier molecular flexibility index (Phi) is 4.68. The lowest BCUT2D eigenvalue weighted by Crippen LogP contribution is -2.15. The zero-order chi connectivity index (χ0) is 14.5. The van der Waals surface area contributed by atoms with Crippen LogP contribution in [0.25, 0.3) is 0 Å². The van der Waals surface area contributed by atoms with Gasteiger partial charge in [-0.25, -0.2) is 4.39 Å². The summed E-state index contributed by atoms with van der Waals surface area (Å²) in [6.45, 7) is 2.64. The number of pyridine rings is 1. The molecule has 0 aliphatic heterocycles. The fourth-order valence-electron chi connectivity index (χ4n) is 1.70. The van der Waals surface area contributed by atoms with Crippen molar-refractivity contribution >= 4 is 33.2 Å². The molecule has 0 bridgehead atoms. The number of nitrogens with zero attached hydrogens (tertiary/aromatic N) is 1. The largest absolute Gasteiger partial charge is 0.385 e. The topological polar surface area (TPSA) is 54.0 Å². The van der Waals surface area contributed by atoms with Crippen molar-refractivity contribution in [3.63, 3.8) is 0 Å². The molecule has 0 aliphatic carbocycles. The summed E-state index contributed by atoms with van der Waals surface area (Å²) in [5, 5.41) is 5.81. The van der Waals surface area contributed by atoms with E-state index < -0.39 is 0 Å². The first-order chi connectivity index (χ1) is 9.61. The van der Waals surface area contributed by atoms with Crippen LogP contribution in [0.3, 0.4) is 0 Å². The third-order valence-corrected chi connectivity index (χ3v) is 3.27. The van der Waals surface area contributed by atoms with Gasteiger partial charge in [0.15, 0.2) is 0 Å². The lowest BCUT2D eigenvalue weighted by molar-refractivity contribution is 0.102. The number of aromatic nitrogens is 1. The predicted octanol–water partition coefficient (Wildman–Crippen LogP) is 3.67. The maximum Gasteiger partial charge on any atom is 0.259 e. The molecule has 1 heterocycles. The molecule has 0 unspecified atom stereocenters. The van der Waals surface area contributed by atoms with Gasteiger partial charge in [0.1, 0.15) is 5.82 Å². The lowest BCUT2D eigenvalue weighted by atomic mass is 10.2. The summed E-state index contributed by atoms with van der Waals surface area (Å²) < 4.78 is 13.5. The molecule has 0 saturated heterocycles. The van der Waals surface area contributed by atoms with Crippen molar-refractivity contribution in [1.82, 2.24) is 4.98 Å². The molecule has 1 amide bonds. The van der Waals surface area contributed by atoms with Crippen molar-refractivity contribution < 1.29 is 9.18 Å². The molecule has 4 nitrogen and oxygen atoms in total. The predicted molar refractivity (Wildman–Crippen MR) is 80.5 cm³/mol. The van der Waals surface area contributed by atoms with Gasteiger partial charge in [-0.1, -0.05) is 0 Å². The van der Waals surface area contributed by atoms with Gasteiger partial charge < -0.3 is 10.6 Å². The van der Waals surface area contributed by atoms with Gasteiger partial charge in [0.25, 0.3) is 5.91 Å². The monoisotopic (exact) mass is 337 g/mol. The van der Waals surface area contributed by atoms with Crippen LogP contribution in [0.5, 0.6) is 0 Å². The van der Waals surface area contributed by atoms with Gasteiger partial charge in [-0.2, -0.15) is 0 Å². The van der Waals surface area contributed by atoms with Crippen molar-refractivity contribution in [2.75, 3.05) is 17.2 Å². The number of benzene rings is 1. The molecule has 0 saturated carbocycles. The van der Waals surface area contributed by atoms with Crippen molar-refractivity contribution in [1.29, 1.82) is 0 Å². The summed E-state index contributed by atoms with van der Waals surface area (Å²) in [6, 6.07) is 5.82. The Morgan fingerprint density at radius 3 is 2.85 bits per heavy atom. The second-order valence-corrected chi connectivity index (χ2v) is 4.88. The van der Waals surface area contributed by atoms with Gasteiger partial charge >= 0.3 is 0 Å². The third kappa shape index (κ3) is 3.33. The molecule has 0 aliphatic rings. The summed E-state index contributed by atoms with van der Waals surface area (Å²) in [5.41, 5.74) is 1.64. The molecular weight excluding hydrogens is 325 g/mol. The third-order valence-electron chi connectivity index (χ3n) is 2.61. The Morgan fingerprint density at radius 1 is 1.35 bits per heavy atom. The molecule has 1 aromatic heterocycles. The van der Waals surface area contributed by atoms with Crippen LogP contribution in [-0.4, -0.2) is 17.4 Å². The van der Waals surface area contributed by atoms with E-state index in [-0.39, 0.29) is 11.7 Å². The van der Waals surface area contributed by atoms with Gasteiger partial charge in [-0.15, -0.1) is 0 Å². The molecule has 0 radical (unpaired) electrons. The maximum atomic E-state index is 13.0. The van der Waals surface area contributed by atoms with E-state index in [4.69, 9.17) is 0 Å². The second-order valence-electron chi connectivity index (χ2n) is 4.03. The molecule has 2 N–H and O–H groups in total. The molecule has 2 rings (SSSR count). The van der Waals surface area contributed by atoms with Gasteiger partial charge in [-0.05, 0) is 47.1 Å². The highest BCUT2D eigenvalue weighted by molar-refractivity contribution is 9.10. The first-order valence-corrected chi connectivity index (χ1v) is 6.85. The molecule has 0 spiro atoms. The van der Waals surface area contributed by atoms with Crippen LogP contribution in [0, 0.1) is 5.82 Å². The first-order valence-electron chi connectivity index (χ1n) is 6.06.